The second kappa shape index (κ2) is 7.03. The van der Waals surface area contributed by atoms with Crippen molar-refractivity contribution >= 4 is 54.2 Å². The number of urea groups is 2. The third-order valence-electron chi connectivity index (χ3n) is 2.65. The van der Waals surface area contributed by atoms with Crippen LogP contribution in [0.4, 0.5) is 9.59 Å². The molecule has 0 radical (unpaired) electrons. The summed E-state index contributed by atoms with van der Waals surface area (Å²) >= 11 is 2.24. The van der Waals surface area contributed by atoms with Crippen LogP contribution in [-0.4, -0.2) is 47.5 Å². The predicted molar refractivity (Wildman–Crippen MR) is 89.2 cm³/mol. The van der Waals surface area contributed by atoms with Gasteiger partial charge in [-0.25, -0.2) is 9.59 Å². The van der Waals surface area contributed by atoms with Crippen LogP contribution in [0.2, 0.25) is 0 Å². The molecular weight excluding hydrogens is 378 g/mol. The number of sulfonamides is 1. The van der Waals surface area contributed by atoms with Crippen molar-refractivity contribution in [1.82, 2.24) is 14.9 Å². The number of carbonyl (C=O) groups excluding carboxylic acids is 2. The number of aliphatic hydroxyl groups excluding tert-OH is 2. The molecule has 2 unspecified atom stereocenters. The van der Waals surface area contributed by atoms with Crippen molar-refractivity contribution < 1.29 is 28.2 Å². The summed E-state index contributed by atoms with van der Waals surface area (Å²) in [6, 6.07) is 0.398. The van der Waals surface area contributed by atoms with E-state index in [0.29, 0.717) is 5.39 Å². The average molecular weight is 393 g/mol. The lowest BCUT2D eigenvalue weighted by molar-refractivity contribution is 0.140. The van der Waals surface area contributed by atoms with Gasteiger partial charge in [-0.3, -0.25) is 0 Å². The molecule has 2 atom stereocenters. The minimum absolute atomic E-state index is 0.0537. The molecule has 0 aromatic carbocycles. The molecule has 2 aromatic heterocycles. The number of amides is 4. The molecule has 4 amide bonds. The van der Waals surface area contributed by atoms with Gasteiger partial charge in [-0.1, -0.05) is 0 Å². The molecular formula is C12H15N3O6S3. The molecule has 12 heteroatoms. The predicted octanol–water partition coefficient (Wildman–Crippen LogP) is 1.05. The third-order valence-corrected chi connectivity index (χ3v) is 6.97. The summed E-state index contributed by atoms with van der Waals surface area (Å²) in [6.07, 6.45) is -2.75. The van der Waals surface area contributed by atoms with Crippen molar-refractivity contribution in [2.75, 3.05) is 0 Å². The molecule has 0 bridgehead atoms. The Bertz CT molecular complexity index is 804. The average Bonchev–Trinajstić information content (AvgIpc) is 2.96. The highest BCUT2D eigenvalue weighted by molar-refractivity contribution is 7.92. The second-order valence-electron chi connectivity index (χ2n) is 4.75. The Kier molecular flexibility index (Phi) is 5.45. The summed E-state index contributed by atoms with van der Waals surface area (Å²) in [5.74, 6) is 0. The number of carbonyl (C=O) groups is 2. The highest BCUT2D eigenvalue weighted by atomic mass is 32.2. The Morgan fingerprint density at radius 1 is 1.17 bits per heavy atom. The maximum Gasteiger partial charge on any atom is 0.341 e. The van der Waals surface area contributed by atoms with Crippen LogP contribution >= 0.6 is 22.7 Å². The molecule has 2 rings (SSSR count). The van der Waals surface area contributed by atoms with Crippen LogP contribution < -0.4 is 10.6 Å². The summed E-state index contributed by atoms with van der Waals surface area (Å²) in [4.78, 5) is 24.2. The minimum Gasteiger partial charge on any atom is -0.374 e. The zero-order valence-electron chi connectivity index (χ0n) is 12.6. The summed E-state index contributed by atoms with van der Waals surface area (Å²) in [6.45, 7) is 2.38. The molecule has 0 spiro atoms. The van der Waals surface area contributed by atoms with Gasteiger partial charge < -0.3 is 20.8 Å². The van der Waals surface area contributed by atoms with E-state index in [1.165, 1.54) is 31.3 Å². The summed E-state index contributed by atoms with van der Waals surface area (Å²) in [5, 5.41) is 24.8. The second-order valence-corrected chi connectivity index (χ2v) is 8.99. The molecule has 0 fully saturated rings. The SMILES string of the molecule is CC(O)NC(=O)N(C(=O)NC(C)O)S(=O)(=O)c1cc2ccsc2s1. The maximum atomic E-state index is 12.7. The van der Waals surface area contributed by atoms with Crippen LogP contribution in [0.1, 0.15) is 13.8 Å². The van der Waals surface area contributed by atoms with Crippen molar-refractivity contribution in [2.45, 2.75) is 30.5 Å². The van der Waals surface area contributed by atoms with Crippen LogP contribution in [0.3, 0.4) is 0 Å². The topological polar surface area (TPSA) is 136 Å². The van der Waals surface area contributed by atoms with Crippen LogP contribution in [0.5, 0.6) is 0 Å². The van der Waals surface area contributed by atoms with Crippen molar-refractivity contribution in [1.29, 1.82) is 0 Å². The van der Waals surface area contributed by atoms with Crippen LogP contribution in [0, 0.1) is 0 Å². The Morgan fingerprint density at radius 2 is 1.71 bits per heavy atom. The Morgan fingerprint density at radius 3 is 2.17 bits per heavy atom. The highest BCUT2D eigenvalue weighted by Gasteiger charge is 2.37. The number of imide groups is 1. The summed E-state index contributed by atoms with van der Waals surface area (Å²) < 4.78 is 25.9. The van der Waals surface area contributed by atoms with Crippen LogP contribution in [0.25, 0.3) is 9.40 Å². The van der Waals surface area contributed by atoms with Gasteiger partial charge in [0.1, 0.15) is 16.7 Å². The summed E-state index contributed by atoms with van der Waals surface area (Å²) in [7, 11) is -4.51. The van der Waals surface area contributed by atoms with Crippen molar-refractivity contribution in [3.63, 3.8) is 0 Å². The standard InChI is InChI=1S/C12H15N3O6S3/c1-6(16)13-11(18)15(12(19)14-7(2)17)24(20,21)9-5-8-3-4-22-10(8)23-9/h3-7,16-17H,1-2H3,(H,13,18)(H,14,19). The van der Waals surface area contributed by atoms with E-state index in [-0.39, 0.29) is 8.51 Å². The molecule has 0 aliphatic heterocycles. The lowest BCUT2D eigenvalue weighted by Crippen LogP contribution is -2.54. The number of nitrogens with one attached hydrogen (secondary N) is 2. The van der Waals surface area contributed by atoms with Crippen molar-refractivity contribution in [3.05, 3.63) is 17.5 Å². The number of hydrogen-bond acceptors (Lipinski definition) is 8. The quantitative estimate of drug-likeness (QED) is 0.573. The van der Waals surface area contributed by atoms with Crippen LogP contribution in [0.15, 0.2) is 21.7 Å². The van der Waals surface area contributed by atoms with Gasteiger partial charge in [0.05, 0.1) is 4.01 Å². The molecule has 24 heavy (non-hydrogen) atoms. The zero-order chi connectivity index (χ0) is 18.1. The van der Waals surface area contributed by atoms with E-state index in [0.717, 1.165) is 15.4 Å². The zero-order valence-corrected chi connectivity index (χ0v) is 15.0. The van der Waals surface area contributed by atoms with Crippen molar-refractivity contribution in [2.24, 2.45) is 0 Å². The minimum atomic E-state index is -4.51. The van der Waals surface area contributed by atoms with Gasteiger partial charge in [-0.2, -0.15) is 8.42 Å². The maximum absolute atomic E-state index is 12.7. The molecule has 2 heterocycles. The van der Waals surface area contributed by atoms with E-state index in [1.54, 1.807) is 11.4 Å². The van der Waals surface area contributed by atoms with E-state index in [9.17, 15) is 28.2 Å². The monoisotopic (exact) mass is 393 g/mol. The fourth-order valence-corrected chi connectivity index (χ4v) is 5.64. The van der Waals surface area contributed by atoms with E-state index in [4.69, 9.17) is 0 Å². The normalized spacial score (nSPS) is 14.2. The van der Waals surface area contributed by atoms with E-state index < -0.39 is 34.5 Å². The lowest BCUT2D eigenvalue weighted by atomic mass is 10.4. The first-order valence-corrected chi connectivity index (χ1v) is 9.76. The number of nitrogens with zero attached hydrogens (tertiary/aromatic N) is 1. The van der Waals surface area contributed by atoms with E-state index in [2.05, 4.69) is 0 Å². The van der Waals surface area contributed by atoms with Crippen LogP contribution in [-0.2, 0) is 10.0 Å². The van der Waals surface area contributed by atoms with E-state index in [1.807, 2.05) is 10.6 Å². The molecule has 4 N–H and O–H groups in total. The highest BCUT2D eigenvalue weighted by Crippen LogP contribution is 2.34. The number of hydrogen-bond donors (Lipinski definition) is 4. The lowest BCUT2D eigenvalue weighted by Gasteiger charge is -2.22. The number of aliphatic hydroxyl groups is 2. The van der Waals surface area contributed by atoms with Gasteiger partial charge in [-0.05, 0) is 31.4 Å². The smallest absolute Gasteiger partial charge is 0.341 e. The Balaban J connectivity index is 2.45. The van der Waals surface area contributed by atoms with Crippen molar-refractivity contribution in [3.8, 4) is 0 Å². The molecule has 0 aliphatic rings. The molecule has 9 nitrogen and oxygen atoms in total. The Hall–Kier alpha value is -1.73. The number of fused-ring (bicyclic) bond motifs is 1. The first-order valence-electron chi connectivity index (χ1n) is 6.62. The molecule has 0 saturated heterocycles. The van der Waals surface area contributed by atoms with Gasteiger partial charge in [-0.15, -0.1) is 27.0 Å². The largest absolute Gasteiger partial charge is 0.374 e. The first-order chi connectivity index (χ1) is 11.1. The fraction of sp³-hybridized carbons (Fsp3) is 0.333. The molecule has 132 valence electrons. The third kappa shape index (κ3) is 3.84. The number of thiophene rings is 2. The van der Waals surface area contributed by atoms with Gasteiger partial charge >= 0.3 is 12.1 Å². The molecule has 2 aromatic rings. The summed E-state index contributed by atoms with van der Waals surface area (Å²) in [5.41, 5.74) is 0. The molecule has 0 aliphatic carbocycles. The first kappa shape index (κ1) is 18.6. The van der Waals surface area contributed by atoms with Gasteiger partial charge in [0.2, 0.25) is 0 Å². The van der Waals surface area contributed by atoms with E-state index >= 15 is 0 Å². The van der Waals surface area contributed by atoms with Gasteiger partial charge in [0.25, 0.3) is 10.0 Å². The van der Waals surface area contributed by atoms with Gasteiger partial charge in [0.15, 0.2) is 0 Å². The number of rotatable bonds is 4. The fourth-order valence-electron chi connectivity index (χ4n) is 1.75. The van der Waals surface area contributed by atoms with Gasteiger partial charge in [0, 0.05) is 5.39 Å². The molecule has 0 saturated carbocycles. The Labute approximate surface area is 145 Å².